The molecule has 0 spiro atoms. The molecule has 3 rings (SSSR count). The Morgan fingerprint density at radius 1 is 1.24 bits per heavy atom. The van der Waals surface area contributed by atoms with E-state index in [1.54, 1.807) is 25.8 Å². The lowest BCUT2D eigenvalue weighted by Crippen LogP contribution is -2.50. The van der Waals surface area contributed by atoms with Crippen molar-refractivity contribution in [1.29, 1.82) is 0 Å². The number of hydrogen-bond donors (Lipinski definition) is 1. The minimum Gasteiger partial charge on any atom is -0.496 e. The molecule has 1 aliphatic heterocycles. The van der Waals surface area contributed by atoms with Crippen LogP contribution in [0.25, 0.3) is 0 Å². The van der Waals surface area contributed by atoms with E-state index in [1.165, 1.54) is 23.9 Å². The van der Waals surface area contributed by atoms with Gasteiger partial charge in [0.15, 0.2) is 0 Å². The third kappa shape index (κ3) is 4.01. The molecule has 1 amide bonds. The van der Waals surface area contributed by atoms with Gasteiger partial charge >= 0.3 is 0 Å². The average molecular weight is 405 g/mol. The van der Waals surface area contributed by atoms with Gasteiger partial charge in [-0.05, 0) is 5.92 Å². The van der Waals surface area contributed by atoms with Crippen LogP contribution >= 0.6 is 0 Å². The largest absolute Gasteiger partial charge is 0.496 e. The van der Waals surface area contributed by atoms with Crippen molar-refractivity contribution in [1.82, 2.24) is 19.4 Å². The highest BCUT2D eigenvalue weighted by atomic mass is 19.1. The zero-order chi connectivity index (χ0) is 21.3. The Kier molecular flexibility index (Phi) is 5.71. The summed E-state index contributed by atoms with van der Waals surface area (Å²) in [5.41, 5.74) is -0.640. The molecule has 156 valence electrons. The second kappa shape index (κ2) is 8.06. The summed E-state index contributed by atoms with van der Waals surface area (Å²) in [6.07, 6.45) is 1.46. The summed E-state index contributed by atoms with van der Waals surface area (Å²) in [4.78, 5) is 46.8. The smallest absolute Gasteiger partial charge is 0.288 e. The van der Waals surface area contributed by atoms with Gasteiger partial charge in [0.25, 0.3) is 17.0 Å². The number of carbonyl (C=O) groups excluding carboxylic acids is 1. The van der Waals surface area contributed by atoms with Crippen molar-refractivity contribution in [2.45, 2.75) is 19.8 Å². The molecule has 0 bridgehead atoms. The molecule has 1 aliphatic rings. The van der Waals surface area contributed by atoms with Crippen LogP contribution in [0.3, 0.4) is 0 Å². The number of nitrogens with zero attached hydrogens (tertiary/aromatic N) is 4. The Bertz CT molecular complexity index is 1040. The highest BCUT2D eigenvalue weighted by Gasteiger charge is 2.27. The lowest BCUT2D eigenvalue weighted by molar-refractivity contribution is 0.0741. The number of rotatable bonds is 4. The minimum absolute atomic E-state index is 0.122. The summed E-state index contributed by atoms with van der Waals surface area (Å²) in [6.45, 7) is 5.14. The van der Waals surface area contributed by atoms with E-state index in [1.807, 2.05) is 4.90 Å². The molecule has 0 radical (unpaired) electrons. The fourth-order valence-corrected chi connectivity index (χ4v) is 3.23. The molecule has 9 nitrogen and oxygen atoms in total. The number of carbonyl (C=O) groups is 1. The SMILES string of the molecule is COc1cc(=O)n(C)cc1C(=O)N1CCN(c2nc(C(C)C)c(F)c(=O)[nH]2)CC1. The van der Waals surface area contributed by atoms with Crippen LogP contribution in [0.15, 0.2) is 21.9 Å². The van der Waals surface area contributed by atoms with Gasteiger partial charge in [-0.3, -0.25) is 19.4 Å². The summed E-state index contributed by atoms with van der Waals surface area (Å²) in [5, 5.41) is 0. The molecule has 29 heavy (non-hydrogen) atoms. The molecule has 0 aromatic carbocycles. The highest BCUT2D eigenvalue weighted by molar-refractivity contribution is 5.96. The number of ether oxygens (including phenoxy) is 1. The molecular formula is C19H24FN5O4. The van der Waals surface area contributed by atoms with Gasteiger partial charge in [-0.15, -0.1) is 0 Å². The molecule has 2 aromatic rings. The first kappa shape index (κ1) is 20.6. The van der Waals surface area contributed by atoms with Crippen LogP contribution in [0.1, 0.15) is 35.8 Å². The van der Waals surface area contributed by atoms with Gasteiger partial charge in [-0.1, -0.05) is 13.8 Å². The normalized spacial score (nSPS) is 14.4. The molecule has 0 atom stereocenters. The van der Waals surface area contributed by atoms with Gasteiger partial charge in [0.2, 0.25) is 11.8 Å². The fraction of sp³-hybridized carbons (Fsp3) is 0.474. The van der Waals surface area contributed by atoms with Crippen LogP contribution < -0.4 is 20.8 Å². The Hall–Kier alpha value is -3.17. The van der Waals surface area contributed by atoms with Crippen molar-refractivity contribution >= 4 is 11.9 Å². The van der Waals surface area contributed by atoms with Crippen LogP contribution in [-0.2, 0) is 7.05 Å². The lowest BCUT2D eigenvalue weighted by Gasteiger charge is -2.35. The molecule has 1 N–H and O–H groups in total. The lowest BCUT2D eigenvalue weighted by atomic mass is 10.1. The number of hydrogen-bond acceptors (Lipinski definition) is 6. The second-order valence-electron chi connectivity index (χ2n) is 7.23. The zero-order valence-electron chi connectivity index (χ0n) is 16.9. The van der Waals surface area contributed by atoms with Gasteiger partial charge in [0.1, 0.15) is 5.75 Å². The molecule has 0 aliphatic carbocycles. The topological polar surface area (TPSA) is 101 Å². The fourth-order valence-electron chi connectivity index (χ4n) is 3.23. The van der Waals surface area contributed by atoms with Crippen molar-refractivity contribution in [3.05, 3.63) is 50.0 Å². The van der Waals surface area contributed by atoms with Crippen LogP contribution in [0, 0.1) is 5.82 Å². The van der Waals surface area contributed by atoms with Crippen LogP contribution in [0.4, 0.5) is 10.3 Å². The average Bonchev–Trinajstić information content (AvgIpc) is 2.71. The molecule has 3 heterocycles. The summed E-state index contributed by atoms with van der Waals surface area (Å²) in [5.74, 6) is -0.811. The van der Waals surface area contributed by atoms with E-state index in [0.717, 1.165) is 0 Å². The second-order valence-corrected chi connectivity index (χ2v) is 7.23. The van der Waals surface area contributed by atoms with E-state index in [9.17, 15) is 18.8 Å². The molecule has 0 saturated carbocycles. The number of amides is 1. The number of methoxy groups -OCH3 is 1. The number of aryl methyl sites for hydroxylation is 1. The number of anilines is 1. The van der Waals surface area contributed by atoms with E-state index >= 15 is 0 Å². The molecular weight excluding hydrogens is 381 g/mol. The van der Waals surface area contributed by atoms with Crippen molar-refractivity contribution < 1.29 is 13.9 Å². The van der Waals surface area contributed by atoms with Crippen molar-refractivity contribution in [3.63, 3.8) is 0 Å². The van der Waals surface area contributed by atoms with E-state index in [4.69, 9.17) is 4.74 Å². The molecule has 2 aromatic heterocycles. The minimum atomic E-state index is -0.862. The molecule has 0 unspecified atom stereocenters. The van der Waals surface area contributed by atoms with E-state index in [2.05, 4.69) is 9.97 Å². The Morgan fingerprint density at radius 3 is 2.48 bits per heavy atom. The highest BCUT2D eigenvalue weighted by Crippen LogP contribution is 2.20. The van der Waals surface area contributed by atoms with Gasteiger partial charge in [-0.25, -0.2) is 4.98 Å². The van der Waals surface area contributed by atoms with E-state index < -0.39 is 11.4 Å². The van der Waals surface area contributed by atoms with Gasteiger partial charge in [0.05, 0.1) is 18.4 Å². The third-order valence-electron chi connectivity index (χ3n) is 4.93. The number of aromatic amines is 1. The molecule has 10 heteroatoms. The maximum Gasteiger partial charge on any atom is 0.288 e. The Balaban J connectivity index is 1.78. The maximum absolute atomic E-state index is 14.0. The summed E-state index contributed by atoms with van der Waals surface area (Å²) in [6, 6.07) is 1.28. The van der Waals surface area contributed by atoms with Crippen LogP contribution in [0.5, 0.6) is 5.75 Å². The maximum atomic E-state index is 14.0. The number of aromatic nitrogens is 3. The third-order valence-corrected chi connectivity index (χ3v) is 4.93. The quantitative estimate of drug-likeness (QED) is 0.804. The first-order valence-corrected chi connectivity index (χ1v) is 9.31. The zero-order valence-corrected chi connectivity index (χ0v) is 16.9. The predicted octanol–water partition coefficient (Wildman–Crippen LogP) is 0.702. The monoisotopic (exact) mass is 405 g/mol. The van der Waals surface area contributed by atoms with E-state index in [-0.39, 0.29) is 28.8 Å². The summed E-state index contributed by atoms with van der Waals surface area (Å²) >= 11 is 0. The van der Waals surface area contributed by atoms with Crippen molar-refractivity contribution in [3.8, 4) is 5.75 Å². The number of pyridine rings is 1. The predicted molar refractivity (Wildman–Crippen MR) is 105 cm³/mol. The number of H-pyrrole nitrogens is 1. The Labute approximate surface area is 166 Å². The first-order chi connectivity index (χ1) is 13.7. The standard InChI is InChI=1S/C19H24FN5O4/c1-11(2)16-15(20)17(27)22-19(21-16)25-7-5-24(6-8-25)18(28)12-10-23(3)14(26)9-13(12)29-4/h9-11H,5-8H2,1-4H3,(H,21,22,27). The van der Waals surface area contributed by atoms with Crippen LogP contribution in [0.2, 0.25) is 0 Å². The van der Waals surface area contributed by atoms with E-state index in [0.29, 0.717) is 37.7 Å². The number of nitrogens with one attached hydrogen (secondary N) is 1. The van der Waals surface area contributed by atoms with Crippen molar-refractivity contribution in [2.24, 2.45) is 7.05 Å². The van der Waals surface area contributed by atoms with Gasteiger partial charge in [0, 0.05) is 45.5 Å². The van der Waals surface area contributed by atoms with Crippen molar-refractivity contribution in [2.75, 3.05) is 38.2 Å². The molecule has 1 saturated heterocycles. The van der Waals surface area contributed by atoms with Gasteiger partial charge in [-0.2, -0.15) is 4.39 Å². The first-order valence-electron chi connectivity index (χ1n) is 9.31. The Morgan fingerprint density at radius 2 is 1.90 bits per heavy atom. The summed E-state index contributed by atoms with van der Waals surface area (Å²) < 4.78 is 20.5. The number of piperazine rings is 1. The number of halogens is 1. The van der Waals surface area contributed by atoms with Gasteiger partial charge < -0.3 is 19.1 Å². The van der Waals surface area contributed by atoms with Crippen LogP contribution in [-0.4, -0.2) is 58.6 Å². The molecule has 1 fully saturated rings. The summed E-state index contributed by atoms with van der Waals surface area (Å²) in [7, 11) is 2.98.